The van der Waals surface area contributed by atoms with Gasteiger partial charge in [0.25, 0.3) is 0 Å². The van der Waals surface area contributed by atoms with Gasteiger partial charge in [0.2, 0.25) is 0 Å². The molecular formula is C13H19N3O4. The highest BCUT2D eigenvalue weighted by atomic mass is 16.6. The average Bonchev–Trinajstić information content (AvgIpc) is 2.57. The van der Waals surface area contributed by atoms with E-state index in [4.69, 9.17) is 9.84 Å². The standard InChI is InChI=1S/C13H19N3O4/c1-13(2,3)20-12(19)15-5-4-6-16-8-14-10(11(17)18)9(16)7-15/h8H,4-7H2,1-3H3,(H,17,18). The van der Waals surface area contributed by atoms with E-state index in [-0.39, 0.29) is 12.2 Å². The summed E-state index contributed by atoms with van der Waals surface area (Å²) >= 11 is 0. The Morgan fingerprint density at radius 3 is 2.65 bits per heavy atom. The third kappa shape index (κ3) is 3.09. The van der Waals surface area contributed by atoms with E-state index < -0.39 is 17.7 Å². The molecule has 0 fully saturated rings. The summed E-state index contributed by atoms with van der Waals surface area (Å²) in [4.78, 5) is 28.7. The minimum atomic E-state index is -1.08. The van der Waals surface area contributed by atoms with E-state index in [0.717, 1.165) is 6.42 Å². The maximum absolute atomic E-state index is 12.1. The number of carbonyl (C=O) groups excluding carboxylic acids is 1. The number of amides is 1. The Labute approximate surface area is 117 Å². The van der Waals surface area contributed by atoms with Crippen molar-refractivity contribution >= 4 is 12.1 Å². The molecule has 0 radical (unpaired) electrons. The lowest BCUT2D eigenvalue weighted by atomic mass is 10.2. The number of fused-ring (bicyclic) bond motifs is 1. The first-order valence-corrected chi connectivity index (χ1v) is 6.53. The van der Waals surface area contributed by atoms with Crippen LogP contribution in [0, 0.1) is 0 Å². The molecule has 1 aliphatic rings. The monoisotopic (exact) mass is 281 g/mol. The van der Waals surface area contributed by atoms with E-state index >= 15 is 0 Å². The van der Waals surface area contributed by atoms with Crippen molar-refractivity contribution in [2.24, 2.45) is 0 Å². The Bertz CT molecular complexity index is 530. The molecule has 0 unspecified atom stereocenters. The number of hydrogen-bond donors (Lipinski definition) is 1. The molecule has 110 valence electrons. The number of aromatic nitrogens is 2. The Morgan fingerprint density at radius 1 is 1.35 bits per heavy atom. The minimum Gasteiger partial charge on any atom is -0.476 e. The quantitative estimate of drug-likeness (QED) is 0.847. The van der Waals surface area contributed by atoms with Crippen LogP contribution in [0.25, 0.3) is 0 Å². The lowest BCUT2D eigenvalue weighted by Gasteiger charge is -2.26. The number of imidazole rings is 1. The number of carbonyl (C=O) groups is 2. The Hall–Kier alpha value is -2.05. The third-order valence-electron chi connectivity index (χ3n) is 2.97. The van der Waals surface area contributed by atoms with Crippen molar-refractivity contribution in [1.29, 1.82) is 0 Å². The van der Waals surface area contributed by atoms with E-state index in [2.05, 4.69) is 4.98 Å². The van der Waals surface area contributed by atoms with Crippen LogP contribution in [0.15, 0.2) is 6.33 Å². The highest BCUT2D eigenvalue weighted by molar-refractivity contribution is 5.86. The zero-order valence-corrected chi connectivity index (χ0v) is 11.9. The highest BCUT2D eigenvalue weighted by Crippen LogP contribution is 2.18. The first-order valence-electron chi connectivity index (χ1n) is 6.53. The van der Waals surface area contributed by atoms with E-state index in [0.29, 0.717) is 18.8 Å². The second-order valence-corrected chi connectivity index (χ2v) is 5.79. The number of aromatic carboxylic acids is 1. The molecule has 2 rings (SSSR count). The molecule has 0 aromatic carbocycles. The minimum absolute atomic E-state index is 0.000425. The second kappa shape index (κ2) is 5.15. The van der Waals surface area contributed by atoms with Gasteiger partial charge in [-0.25, -0.2) is 14.6 Å². The van der Waals surface area contributed by atoms with Crippen LogP contribution in [0.1, 0.15) is 43.4 Å². The van der Waals surface area contributed by atoms with Crippen LogP contribution in [0.2, 0.25) is 0 Å². The van der Waals surface area contributed by atoms with Crippen molar-refractivity contribution in [2.45, 2.75) is 45.9 Å². The first kappa shape index (κ1) is 14.4. The largest absolute Gasteiger partial charge is 0.476 e. The van der Waals surface area contributed by atoms with Gasteiger partial charge in [-0.05, 0) is 27.2 Å². The molecule has 2 heterocycles. The predicted octanol–water partition coefficient (Wildman–Crippen LogP) is 1.72. The van der Waals surface area contributed by atoms with Crippen molar-refractivity contribution in [3.63, 3.8) is 0 Å². The molecular weight excluding hydrogens is 262 g/mol. The van der Waals surface area contributed by atoms with E-state index in [1.54, 1.807) is 25.3 Å². The topological polar surface area (TPSA) is 84.7 Å². The number of rotatable bonds is 1. The second-order valence-electron chi connectivity index (χ2n) is 5.79. The molecule has 0 saturated carbocycles. The van der Waals surface area contributed by atoms with Crippen molar-refractivity contribution in [1.82, 2.24) is 14.5 Å². The SMILES string of the molecule is CC(C)(C)OC(=O)N1CCCn2cnc(C(=O)O)c2C1. The van der Waals surface area contributed by atoms with E-state index in [1.165, 1.54) is 11.2 Å². The van der Waals surface area contributed by atoms with Crippen LogP contribution in [-0.4, -0.2) is 43.8 Å². The molecule has 0 aliphatic carbocycles. The average molecular weight is 281 g/mol. The molecule has 7 nitrogen and oxygen atoms in total. The number of nitrogens with zero attached hydrogens (tertiary/aromatic N) is 3. The molecule has 1 aromatic heterocycles. The summed E-state index contributed by atoms with van der Waals surface area (Å²) in [6.07, 6.45) is 1.82. The summed E-state index contributed by atoms with van der Waals surface area (Å²) in [6, 6.07) is 0. The maximum Gasteiger partial charge on any atom is 0.410 e. The molecule has 0 bridgehead atoms. The summed E-state index contributed by atoms with van der Waals surface area (Å²) in [6.45, 7) is 6.79. The van der Waals surface area contributed by atoms with Crippen LogP contribution < -0.4 is 0 Å². The maximum atomic E-state index is 12.1. The fourth-order valence-electron chi connectivity index (χ4n) is 2.12. The molecule has 0 atom stereocenters. The molecule has 7 heteroatoms. The zero-order valence-electron chi connectivity index (χ0n) is 11.9. The Balaban J connectivity index is 2.21. The van der Waals surface area contributed by atoms with Gasteiger partial charge in [0.1, 0.15) is 5.60 Å². The van der Waals surface area contributed by atoms with Crippen LogP contribution in [0.5, 0.6) is 0 Å². The molecule has 0 spiro atoms. The third-order valence-corrected chi connectivity index (χ3v) is 2.97. The van der Waals surface area contributed by atoms with Gasteiger partial charge >= 0.3 is 12.1 Å². The van der Waals surface area contributed by atoms with E-state index in [1.807, 2.05) is 0 Å². The van der Waals surface area contributed by atoms with Gasteiger partial charge in [0, 0.05) is 13.1 Å². The van der Waals surface area contributed by atoms with Crippen LogP contribution in [-0.2, 0) is 17.8 Å². The Morgan fingerprint density at radius 2 is 2.05 bits per heavy atom. The lowest BCUT2D eigenvalue weighted by Crippen LogP contribution is -2.36. The van der Waals surface area contributed by atoms with Crippen LogP contribution in [0.4, 0.5) is 4.79 Å². The molecule has 0 saturated heterocycles. The van der Waals surface area contributed by atoms with Gasteiger partial charge < -0.3 is 19.3 Å². The first-order chi connectivity index (χ1) is 9.28. The summed E-state index contributed by atoms with van der Waals surface area (Å²) in [5, 5.41) is 9.12. The fraction of sp³-hybridized carbons (Fsp3) is 0.615. The van der Waals surface area contributed by atoms with Crippen molar-refractivity contribution < 1.29 is 19.4 Å². The van der Waals surface area contributed by atoms with Crippen LogP contribution >= 0.6 is 0 Å². The smallest absolute Gasteiger partial charge is 0.410 e. The molecule has 1 aromatic rings. The van der Waals surface area contributed by atoms with Gasteiger partial charge in [-0.15, -0.1) is 0 Å². The van der Waals surface area contributed by atoms with Gasteiger partial charge in [-0.2, -0.15) is 0 Å². The molecule has 1 aliphatic heterocycles. The summed E-state index contributed by atoms with van der Waals surface area (Å²) in [5.41, 5.74) is -0.0273. The molecule has 1 N–H and O–H groups in total. The lowest BCUT2D eigenvalue weighted by molar-refractivity contribution is 0.0234. The number of aryl methyl sites for hydroxylation is 1. The van der Waals surface area contributed by atoms with Crippen molar-refractivity contribution in [2.75, 3.05) is 6.54 Å². The van der Waals surface area contributed by atoms with Gasteiger partial charge in [0.05, 0.1) is 18.6 Å². The molecule has 20 heavy (non-hydrogen) atoms. The number of carboxylic acids is 1. The number of carboxylic acid groups (broad SMARTS) is 1. The van der Waals surface area contributed by atoms with Crippen molar-refractivity contribution in [3.8, 4) is 0 Å². The molecule has 1 amide bonds. The van der Waals surface area contributed by atoms with Gasteiger partial charge in [-0.3, -0.25) is 0 Å². The summed E-state index contributed by atoms with van der Waals surface area (Å²) in [5.74, 6) is -1.08. The van der Waals surface area contributed by atoms with Crippen LogP contribution in [0.3, 0.4) is 0 Å². The number of hydrogen-bond acceptors (Lipinski definition) is 4. The highest BCUT2D eigenvalue weighted by Gasteiger charge is 2.27. The predicted molar refractivity (Wildman–Crippen MR) is 70.4 cm³/mol. The van der Waals surface area contributed by atoms with Gasteiger partial charge in [-0.1, -0.05) is 0 Å². The number of ether oxygens (including phenoxy) is 1. The fourth-order valence-corrected chi connectivity index (χ4v) is 2.12. The summed E-state index contributed by atoms with van der Waals surface area (Å²) < 4.78 is 7.12. The Kier molecular flexibility index (Phi) is 3.69. The van der Waals surface area contributed by atoms with Gasteiger partial charge in [0.15, 0.2) is 5.69 Å². The summed E-state index contributed by atoms with van der Waals surface area (Å²) in [7, 11) is 0. The normalized spacial score (nSPS) is 15.4. The zero-order chi connectivity index (χ0) is 14.9. The van der Waals surface area contributed by atoms with E-state index in [9.17, 15) is 9.59 Å². The van der Waals surface area contributed by atoms with Crippen molar-refractivity contribution in [3.05, 3.63) is 17.7 Å².